The fraction of sp³-hybridized carbons (Fsp3) is 0.667. The van der Waals surface area contributed by atoms with Crippen molar-refractivity contribution in [3.63, 3.8) is 0 Å². The second kappa shape index (κ2) is 3.87. The third-order valence-electron chi connectivity index (χ3n) is 4.60. The van der Waals surface area contributed by atoms with Gasteiger partial charge in [-0.2, -0.15) is 0 Å². The summed E-state index contributed by atoms with van der Waals surface area (Å²) in [4.78, 5) is 11.9. The van der Waals surface area contributed by atoms with E-state index in [9.17, 15) is 4.79 Å². The molecule has 0 saturated carbocycles. The summed E-state index contributed by atoms with van der Waals surface area (Å²) in [7, 11) is 0. The molecule has 0 amide bonds. The van der Waals surface area contributed by atoms with Crippen LogP contribution in [0.4, 0.5) is 0 Å². The molecule has 2 aliphatic carbocycles. The molecule has 0 aromatic heterocycles. The Morgan fingerprint density at radius 3 is 2.69 bits per heavy atom. The Kier molecular flexibility index (Phi) is 2.81. The molecule has 0 N–H and O–H groups in total. The number of allylic oxidation sites excluding steroid dienone is 4. The average Bonchev–Trinajstić information content (AvgIpc) is 2.48. The molecule has 0 aliphatic heterocycles. The van der Waals surface area contributed by atoms with Gasteiger partial charge in [-0.05, 0) is 42.6 Å². The number of Topliss-reactive ketones (excluding diaryl/α,β-unsaturated/α-hetero) is 1. The lowest BCUT2D eigenvalue weighted by molar-refractivity contribution is -0.115. The molecule has 88 valence electrons. The van der Waals surface area contributed by atoms with Crippen molar-refractivity contribution in [1.82, 2.24) is 0 Å². The third kappa shape index (κ3) is 1.66. The highest BCUT2D eigenvalue weighted by Crippen LogP contribution is 2.52. The second-order valence-electron chi connectivity index (χ2n) is 5.92. The molecule has 0 aromatic carbocycles. The van der Waals surface area contributed by atoms with Gasteiger partial charge in [-0.15, -0.1) is 0 Å². The Balaban J connectivity index is 2.34. The van der Waals surface area contributed by atoms with Gasteiger partial charge in [0.2, 0.25) is 0 Å². The average molecular weight is 218 g/mol. The number of fused-ring (bicyclic) bond motifs is 1. The van der Waals surface area contributed by atoms with E-state index in [-0.39, 0.29) is 5.41 Å². The molecule has 0 fully saturated rings. The molecular weight excluding hydrogens is 196 g/mol. The van der Waals surface area contributed by atoms with Crippen LogP contribution in [0.2, 0.25) is 0 Å². The van der Waals surface area contributed by atoms with Gasteiger partial charge in [0.1, 0.15) is 0 Å². The fourth-order valence-electron chi connectivity index (χ4n) is 3.36. The molecular formula is C15H22O. The van der Waals surface area contributed by atoms with Gasteiger partial charge in [0.05, 0.1) is 0 Å². The van der Waals surface area contributed by atoms with Crippen molar-refractivity contribution in [2.75, 3.05) is 0 Å². The van der Waals surface area contributed by atoms with Crippen LogP contribution >= 0.6 is 0 Å². The predicted octanol–water partition coefficient (Wildman–Crippen LogP) is 3.90. The van der Waals surface area contributed by atoms with Crippen molar-refractivity contribution in [1.29, 1.82) is 0 Å². The Labute approximate surface area is 98.6 Å². The van der Waals surface area contributed by atoms with Crippen molar-refractivity contribution in [2.45, 2.75) is 47.0 Å². The summed E-state index contributed by atoms with van der Waals surface area (Å²) in [5.41, 5.74) is 2.59. The predicted molar refractivity (Wildman–Crippen MR) is 67.1 cm³/mol. The first-order valence-corrected chi connectivity index (χ1v) is 6.34. The van der Waals surface area contributed by atoms with E-state index in [0.717, 1.165) is 18.4 Å². The van der Waals surface area contributed by atoms with E-state index in [4.69, 9.17) is 0 Å². The number of hydrogen-bond donors (Lipinski definition) is 0. The van der Waals surface area contributed by atoms with Gasteiger partial charge in [-0.1, -0.05) is 38.5 Å². The minimum Gasteiger partial charge on any atom is -0.294 e. The molecule has 2 atom stereocenters. The Bertz CT molecular complexity index is 373. The van der Waals surface area contributed by atoms with E-state index >= 15 is 0 Å². The molecule has 16 heavy (non-hydrogen) atoms. The Hall–Kier alpha value is -0.850. The highest BCUT2D eigenvalue weighted by molar-refractivity contribution is 5.97. The van der Waals surface area contributed by atoms with Gasteiger partial charge in [-0.25, -0.2) is 0 Å². The second-order valence-corrected chi connectivity index (χ2v) is 5.92. The van der Waals surface area contributed by atoms with Crippen LogP contribution in [0, 0.1) is 17.3 Å². The molecule has 0 unspecified atom stereocenters. The summed E-state index contributed by atoms with van der Waals surface area (Å²) < 4.78 is 0. The maximum atomic E-state index is 11.9. The van der Waals surface area contributed by atoms with Gasteiger partial charge >= 0.3 is 0 Å². The highest BCUT2D eigenvalue weighted by Gasteiger charge is 2.43. The lowest BCUT2D eigenvalue weighted by Crippen LogP contribution is -2.28. The first-order chi connectivity index (χ1) is 7.45. The molecule has 0 saturated heterocycles. The van der Waals surface area contributed by atoms with Crippen molar-refractivity contribution < 1.29 is 4.79 Å². The molecule has 0 heterocycles. The summed E-state index contributed by atoms with van der Waals surface area (Å²) in [5, 5.41) is 0. The van der Waals surface area contributed by atoms with Crippen LogP contribution in [0.3, 0.4) is 0 Å². The smallest absolute Gasteiger partial charge is 0.162 e. The number of hydrogen-bond acceptors (Lipinski definition) is 1. The summed E-state index contributed by atoms with van der Waals surface area (Å²) in [5.74, 6) is 1.72. The van der Waals surface area contributed by atoms with Gasteiger partial charge < -0.3 is 0 Å². The largest absolute Gasteiger partial charge is 0.294 e. The SMILES string of the molecule is CC1=CC[C@]2(C)C(=CC[C@H]2C(C)C)CC1=O. The van der Waals surface area contributed by atoms with Crippen LogP contribution in [-0.2, 0) is 4.79 Å². The molecule has 2 aliphatic rings. The van der Waals surface area contributed by atoms with E-state index in [0.29, 0.717) is 24.0 Å². The Morgan fingerprint density at radius 2 is 2.06 bits per heavy atom. The fourth-order valence-corrected chi connectivity index (χ4v) is 3.36. The van der Waals surface area contributed by atoms with E-state index in [1.807, 2.05) is 6.92 Å². The highest BCUT2D eigenvalue weighted by atomic mass is 16.1. The summed E-state index contributed by atoms with van der Waals surface area (Å²) in [6.45, 7) is 8.91. The zero-order valence-electron chi connectivity index (χ0n) is 10.8. The molecule has 0 bridgehead atoms. The first kappa shape index (κ1) is 11.6. The van der Waals surface area contributed by atoms with Crippen molar-refractivity contribution in [2.24, 2.45) is 17.3 Å². The topological polar surface area (TPSA) is 17.1 Å². The maximum absolute atomic E-state index is 11.9. The van der Waals surface area contributed by atoms with Crippen LogP contribution in [0.5, 0.6) is 0 Å². The Morgan fingerprint density at radius 1 is 1.38 bits per heavy atom. The number of ketones is 1. The molecule has 0 aromatic rings. The minimum absolute atomic E-state index is 0.238. The molecule has 1 nitrogen and oxygen atoms in total. The number of rotatable bonds is 1. The van der Waals surface area contributed by atoms with E-state index in [1.54, 1.807) is 0 Å². The van der Waals surface area contributed by atoms with Gasteiger partial charge in [0.25, 0.3) is 0 Å². The maximum Gasteiger partial charge on any atom is 0.162 e. The summed E-state index contributed by atoms with van der Waals surface area (Å²) in [6.07, 6.45) is 7.34. The van der Waals surface area contributed by atoms with Crippen LogP contribution in [-0.4, -0.2) is 5.78 Å². The zero-order chi connectivity index (χ0) is 11.9. The number of carbonyl (C=O) groups excluding carboxylic acids is 1. The van der Waals surface area contributed by atoms with E-state index in [2.05, 4.69) is 32.9 Å². The standard InChI is InChI=1S/C15H22O/c1-10(2)13-6-5-12-9-14(16)11(3)7-8-15(12,13)4/h5,7,10,13H,6,8-9H2,1-4H3/t13-,15+/m0/s1. The van der Waals surface area contributed by atoms with Crippen molar-refractivity contribution >= 4 is 5.78 Å². The first-order valence-electron chi connectivity index (χ1n) is 6.34. The quantitative estimate of drug-likeness (QED) is 0.610. The summed E-state index contributed by atoms with van der Waals surface area (Å²) in [6, 6.07) is 0. The summed E-state index contributed by atoms with van der Waals surface area (Å²) >= 11 is 0. The molecule has 2 rings (SSSR count). The van der Waals surface area contributed by atoms with E-state index in [1.165, 1.54) is 5.57 Å². The third-order valence-corrected chi connectivity index (χ3v) is 4.60. The normalized spacial score (nSPS) is 34.6. The molecule has 1 heteroatoms. The molecule has 0 spiro atoms. The van der Waals surface area contributed by atoms with Crippen LogP contribution in [0.1, 0.15) is 47.0 Å². The lowest BCUT2D eigenvalue weighted by Gasteiger charge is -2.36. The van der Waals surface area contributed by atoms with Gasteiger partial charge in [0.15, 0.2) is 5.78 Å². The van der Waals surface area contributed by atoms with Gasteiger partial charge in [-0.3, -0.25) is 4.79 Å². The van der Waals surface area contributed by atoms with Crippen LogP contribution in [0.25, 0.3) is 0 Å². The monoisotopic (exact) mass is 218 g/mol. The van der Waals surface area contributed by atoms with Crippen molar-refractivity contribution in [3.05, 3.63) is 23.3 Å². The van der Waals surface area contributed by atoms with Crippen LogP contribution in [0.15, 0.2) is 23.3 Å². The minimum atomic E-state index is 0.238. The van der Waals surface area contributed by atoms with E-state index < -0.39 is 0 Å². The number of carbonyl (C=O) groups is 1. The zero-order valence-corrected chi connectivity index (χ0v) is 10.8. The molecule has 0 radical (unpaired) electrons. The van der Waals surface area contributed by atoms with Crippen LogP contribution < -0.4 is 0 Å². The van der Waals surface area contributed by atoms with Crippen molar-refractivity contribution in [3.8, 4) is 0 Å². The lowest BCUT2D eigenvalue weighted by atomic mass is 9.68. The van der Waals surface area contributed by atoms with Gasteiger partial charge in [0, 0.05) is 6.42 Å².